The molecule has 0 unspecified atom stereocenters. The number of hydrogen-bond acceptors (Lipinski definition) is 4. The fourth-order valence-electron chi connectivity index (χ4n) is 1.71. The molecular weight excluding hydrogens is 246 g/mol. The maximum atomic E-state index is 11.8. The fraction of sp³-hybridized carbons (Fsp3) is 0.333. The van der Waals surface area contributed by atoms with Crippen molar-refractivity contribution >= 4 is 5.91 Å². The quantitative estimate of drug-likeness (QED) is 0.729. The van der Waals surface area contributed by atoms with E-state index >= 15 is 0 Å². The first-order valence-electron chi connectivity index (χ1n) is 5.91. The van der Waals surface area contributed by atoms with Gasteiger partial charge in [0.15, 0.2) is 0 Å². The Balaban J connectivity index is 1.95. The van der Waals surface area contributed by atoms with E-state index in [1.807, 2.05) is 19.9 Å². The molecule has 3 N–H and O–H groups in total. The molecule has 7 heteroatoms. The topological polar surface area (TPSA) is 104 Å². The van der Waals surface area contributed by atoms with E-state index in [0.717, 1.165) is 17.6 Å². The summed E-state index contributed by atoms with van der Waals surface area (Å²) < 4.78 is 0. The van der Waals surface area contributed by atoms with Gasteiger partial charge >= 0.3 is 0 Å². The van der Waals surface area contributed by atoms with Crippen LogP contribution in [0.3, 0.4) is 0 Å². The second kappa shape index (κ2) is 5.47. The van der Waals surface area contributed by atoms with Crippen molar-refractivity contribution in [2.24, 2.45) is 0 Å². The van der Waals surface area contributed by atoms with Crippen LogP contribution in [0.2, 0.25) is 0 Å². The highest BCUT2D eigenvalue weighted by Gasteiger charge is 2.12. The number of aromatic nitrogens is 4. The number of H-pyrrole nitrogens is 2. The van der Waals surface area contributed by atoms with Crippen molar-refractivity contribution in [3.63, 3.8) is 0 Å². The average Bonchev–Trinajstić information content (AvgIpc) is 2.75. The van der Waals surface area contributed by atoms with Crippen LogP contribution in [0.25, 0.3) is 0 Å². The number of hydrogen-bond donors (Lipinski definition) is 3. The molecule has 1 amide bonds. The SMILES string of the molecule is Cc1cc(C[C@H](C)NC(=O)c2c[nH]c(=O)cn2)n[nH]1. The van der Waals surface area contributed by atoms with Gasteiger partial charge in [0.05, 0.1) is 11.9 Å². The number of carbonyl (C=O) groups excluding carboxylic acids is 1. The van der Waals surface area contributed by atoms with Crippen LogP contribution in [-0.4, -0.2) is 32.1 Å². The van der Waals surface area contributed by atoms with Gasteiger partial charge in [-0.05, 0) is 19.9 Å². The van der Waals surface area contributed by atoms with Gasteiger partial charge in [0.1, 0.15) is 5.69 Å². The molecule has 2 aromatic heterocycles. The zero-order chi connectivity index (χ0) is 13.8. The number of aryl methyl sites for hydroxylation is 1. The van der Waals surface area contributed by atoms with Gasteiger partial charge in [-0.2, -0.15) is 5.10 Å². The minimum absolute atomic E-state index is 0.0797. The summed E-state index contributed by atoms with van der Waals surface area (Å²) in [4.78, 5) is 28.9. The summed E-state index contributed by atoms with van der Waals surface area (Å²) in [6.45, 7) is 3.80. The van der Waals surface area contributed by atoms with Crippen molar-refractivity contribution in [1.82, 2.24) is 25.5 Å². The molecule has 2 heterocycles. The molecule has 0 radical (unpaired) electrons. The summed E-state index contributed by atoms with van der Waals surface area (Å²) in [6.07, 6.45) is 3.00. The summed E-state index contributed by atoms with van der Waals surface area (Å²) >= 11 is 0. The van der Waals surface area contributed by atoms with Crippen LogP contribution in [0.1, 0.15) is 28.8 Å². The first-order chi connectivity index (χ1) is 9.04. The summed E-state index contributed by atoms with van der Waals surface area (Å²) in [5, 5.41) is 9.75. The van der Waals surface area contributed by atoms with E-state index in [9.17, 15) is 9.59 Å². The molecule has 0 aromatic carbocycles. The van der Waals surface area contributed by atoms with Crippen LogP contribution in [-0.2, 0) is 6.42 Å². The van der Waals surface area contributed by atoms with Crippen LogP contribution in [0, 0.1) is 6.92 Å². The number of rotatable bonds is 4. The van der Waals surface area contributed by atoms with Crippen molar-refractivity contribution in [1.29, 1.82) is 0 Å². The molecule has 7 nitrogen and oxygen atoms in total. The van der Waals surface area contributed by atoms with Crippen molar-refractivity contribution < 1.29 is 4.79 Å². The van der Waals surface area contributed by atoms with Crippen molar-refractivity contribution in [3.8, 4) is 0 Å². The first-order valence-corrected chi connectivity index (χ1v) is 5.91. The van der Waals surface area contributed by atoms with E-state index in [1.165, 1.54) is 6.20 Å². The Morgan fingerprint density at radius 2 is 2.32 bits per heavy atom. The maximum Gasteiger partial charge on any atom is 0.271 e. The van der Waals surface area contributed by atoms with Crippen molar-refractivity contribution in [2.45, 2.75) is 26.3 Å². The third-order valence-corrected chi connectivity index (χ3v) is 2.56. The fourth-order valence-corrected chi connectivity index (χ4v) is 1.71. The van der Waals surface area contributed by atoms with Crippen LogP contribution in [0.15, 0.2) is 23.3 Å². The monoisotopic (exact) mass is 261 g/mol. The zero-order valence-electron chi connectivity index (χ0n) is 10.7. The molecule has 0 aliphatic rings. The van der Waals surface area contributed by atoms with Crippen molar-refractivity contribution in [3.05, 3.63) is 45.9 Å². The molecule has 2 aromatic rings. The van der Waals surface area contributed by atoms with Crippen LogP contribution in [0.5, 0.6) is 0 Å². The summed E-state index contributed by atoms with van der Waals surface area (Å²) in [6, 6.07) is 1.85. The van der Waals surface area contributed by atoms with Gasteiger partial charge < -0.3 is 10.3 Å². The molecular formula is C12H15N5O2. The molecule has 19 heavy (non-hydrogen) atoms. The van der Waals surface area contributed by atoms with E-state index in [2.05, 4.69) is 25.5 Å². The van der Waals surface area contributed by atoms with Gasteiger partial charge in [-0.25, -0.2) is 4.98 Å². The Hall–Kier alpha value is -2.44. The highest BCUT2D eigenvalue weighted by molar-refractivity contribution is 5.92. The summed E-state index contributed by atoms with van der Waals surface area (Å²) in [5.74, 6) is -0.323. The molecule has 2 rings (SSSR count). The van der Waals surface area contributed by atoms with Crippen LogP contribution < -0.4 is 10.9 Å². The summed E-state index contributed by atoms with van der Waals surface area (Å²) in [7, 11) is 0. The Morgan fingerprint density at radius 3 is 2.89 bits per heavy atom. The van der Waals surface area contributed by atoms with Crippen LogP contribution >= 0.6 is 0 Å². The third kappa shape index (κ3) is 3.51. The predicted octanol–water partition coefficient (Wildman–Crippen LogP) is 0.162. The standard InChI is InChI=1S/C12H15N5O2/c1-7(3-9-4-8(2)16-17-9)15-12(19)10-5-14-11(18)6-13-10/h4-7H,3H2,1-2H3,(H,14,18)(H,15,19)(H,16,17)/t7-/m0/s1. The van der Waals surface area contributed by atoms with Gasteiger partial charge in [-0.15, -0.1) is 0 Å². The predicted molar refractivity (Wildman–Crippen MR) is 68.8 cm³/mol. The maximum absolute atomic E-state index is 11.8. The lowest BCUT2D eigenvalue weighted by Gasteiger charge is -2.11. The molecule has 0 aliphatic heterocycles. The van der Waals surface area contributed by atoms with Gasteiger partial charge in [0, 0.05) is 24.4 Å². The minimum Gasteiger partial charge on any atom is -0.348 e. The Morgan fingerprint density at radius 1 is 1.53 bits per heavy atom. The minimum atomic E-state index is -0.336. The molecule has 0 aliphatic carbocycles. The molecule has 100 valence electrons. The lowest BCUT2D eigenvalue weighted by molar-refractivity contribution is 0.0934. The molecule has 1 atom stereocenters. The Kier molecular flexibility index (Phi) is 3.74. The number of aromatic amines is 2. The van der Waals surface area contributed by atoms with E-state index < -0.39 is 0 Å². The van der Waals surface area contributed by atoms with E-state index in [-0.39, 0.29) is 23.2 Å². The average molecular weight is 261 g/mol. The number of nitrogens with zero attached hydrogens (tertiary/aromatic N) is 2. The van der Waals surface area contributed by atoms with Gasteiger partial charge in [-0.3, -0.25) is 14.7 Å². The Bertz CT molecular complexity index is 611. The number of carbonyl (C=O) groups is 1. The molecule has 0 saturated heterocycles. The highest BCUT2D eigenvalue weighted by Crippen LogP contribution is 2.02. The van der Waals surface area contributed by atoms with Gasteiger partial charge in [0.25, 0.3) is 11.5 Å². The van der Waals surface area contributed by atoms with Gasteiger partial charge in [-0.1, -0.05) is 0 Å². The first kappa shape index (κ1) is 13.0. The third-order valence-electron chi connectivity index (χ3n) is 2.56. The summed E-state index contributed by atoms with van der Waals surface area (Å²) in [5.41, 5.74) is 1.72. The van der Waals surface area contributed by atoms with Crippen molar-refractivity contribution in [2.75, 3.05) is 0 Å². The van der Waals surface area contributed by atoms with Crippen LogP contribution in [0.4, 0.5) is 0 Å². The number of amides is 1. The van der Waals surface area contributed by atoms with E-state index in [0.29, 0.717) is 6.42 Å². The Labute approximate surface area is 109 Å². The molecule has 0 bridgehead atoms. The van der Waals surface area contributed by atoms with Gasteiger partial charge in [0.2, 0.25) is 0 Å². The largest absolute Gasteiger partial charge is 0.348 e. The highest BCUT2D eigenvalue weighted by atomic mass is 16.2. The molecule has 0 saturated carbocycles. The zero-order valence-corrected chi connectivity index (χ0v) is 10.7. The lowest BCUT2D eigenvalue weighted by atomic mass is 10.1. The normalized spacial score (nSPS) is 12.1. The second-order valence-corrected chi connectivity index (χ2v) is 4.42. The lowest BCUT2D eigenvalue weighted by Crippen LogP contribution is -2.35. The van der Waals surface area contributed by atoms with E-state index in [1.54, 1.807) is 0 Å². The number of nitrogens with one attached hydrogen (secondary N) is 3. The smallest absolute Gasteiger partial charge is 0.271 e. The molecule has 0 fully saturated rings. The van der Waals surface area contributed by atoms with E-state index in [4.69, 9.17) is 0 Å². The molecule has 0 spiro atoms. The second-order valence-electron chi connectivity index (χ2n) is 4.42.